The highest BCUT2D eigenvalue weighted by Crippen LogP contribution is 2.32. The van der Waals surface area contributed by atoms with Crippen LogP contribution in [0, 0.1) is 13.8 Å². The van der Waals surface area contributed by atoms with Gasteiger partial charge in [0.25, 0.3) is 5.56 Å². The van der Waals surface area contributed by atoms with E-state index in [1.807, 2.05) is 62.0 Å². The van der Waals surface area contributed by atoms with Crippen molar-refractivity contribution in [1.82, 2.24) is 19.4 Å². The normalized spacial score (nSPS) is 17.9. The van der Waals surface area contributed by atoms with E-state index in [-0.39, 0.29) is 11.6 Å². The van der Waals surface area contributed by atoms with Crippen LogP contribution in [0.3, 0.4) is 0 Å². The van der Waals surface area contributed by atoms with E-state index in [1.54, 1.807) is 4.68 Å². The second-order valence-corrected chi connectivity index (χ2v) is 7.03. The van der Waals surface area contributed by atoms with Gasteiger partial charge in [0.05, 0.1) is 17.3 Å². The number of nitrogens with zero attached hydrogens (tertiary/aromatic N) is 4. The second kappa shape index (κ2) is 6.61. The summed E-state index contributed by atoms with van der Waals surface area (Å²) in [7, 11) is 1.94. The lowest BCUT2D eigenvalue weighted by Crippen LogP contribution is -2.27. The predicted octanol–water partition coefficient (Wildman–Crippen LogP) is 3.12. The van der Waals surface area contributed by atoms with Gasteiger partial charge in [-0.15, -0.1) is 0 Å². The summed E-state index contributed by atoms with van der Waals surface area (Å²) in [5.41, 5.74) is 3.76. The summed E-state index contributed by atoms with van der Waals surface area (Å²) in [5.74, 6) is 0.828. The molecule has 0 N–H and O–H groups in total. The van der Waals surface area contributed by atoms with Crippen LogP contribution in [0.25, 0.3) is 5.69 Å². The average molecular weight is 352 g/mol. The standard InChI is InChI=1S/C20H24N4O2/c1-14-12-18(21-26-14)19-10-7-11-23(19)13-17-15(2)22(3)24(20(17)25)16-8-5-4-6-9-16/h4-6,8-9,12,19H,7,10-11,13H2,1-3H3. The molecule has 136 valence electrons. The third-order valence-electron chi connectivity index (χ3n) is 5.39. The maximum atomic E-state index is 13.1. The van der Waals surface area contributed by atoms with E-state index in [9.17, 15) is 4.79 Å². The zero-order valence-electron chi connectivity index (χ0n) is 15.5. The quantitative estimate of drug-likeness (QED) is 0.724. The maximum Gasteiger partial charge on any atom is 0.276 e. The lowest BCUT2D eigenvalue weighted by atomic mass is 10.1. The van der Waals surface area contributed by atoms with Crippen molar-refractivity contribution in [1.29, 1.82) is 0 Å². The molecule has 26 heavy (non-hydrogen) atoms. The summed E-state index contributed by atoms with van der Waals surface area (Å²) < 4.78 is 8.95. The maximum absolute atomic E-state index is 13.1. The number of para-hydroxylation sites is 1. The summed E-state index contributed by atoms with van der Waals surface area (Å²) in [4.78, 5) is 15.5. The van der Waals surface area contributed by atoms with Crippen molar-refractivity contribution in [2.24, 2.45) is 7.05 Å². The zero-order valence-corrected chi connectivity index (χ0v) is 15.5. The third-order valence-corrected chi connectivity index (χ3v) is 5.39. The zero-order chi connectivity index (χ0) is 18.3. The fourth-order valence-electron chi connectivity index (χ4n) is 3.90. The van der Waals surface area contributed by atoms with Crippen LogP contribution in [0.15, 0.2) is 45.7 Å². The number of hydrogen-bond acceptors (Lipinski definition) is 4. The Morgan fingerprint density at radius 3 is 2.69 bits per heavy atom. The van der Waals surface area contributed by atoms with Gasteiger partial charge < -0.3 is 4.52 Å². The number of aromatic nitrogens is 3. The van der Waals surface area contributed by atoms with Crippen molar-refractivity contribution in [2.75, 3.05) is 6.54 Å². The third kappa shape index (κ3) is 2.80. The summed E-state index contributed by atoms with van der Waals surface area (Å²) in [6.45, 7) is 5.53. The molecule has 6 heteroatoms. The minimum Gasteiger partial charge on any atom is -0.361 e. The first kappa shape index (κ1) is 16.8. The van der Waals surface area contributed by atoms with Crippen LogP contribution in [0.4, 0.5) is 0 Å². The van der Waals surface area contributed by atoms with E-state index in [1.165, 1.54) is 0 Å². The molecule has 1 aliphatic rings. The Labute approximate surface area is 152 Å². The highest BCUT2D eigenvalue weighted by atomic mass is 16.5. The molecule has 1 saturated heterocycles. The Hall–Kier alpha value is -2.60. The number of likely N-dealkylation sites (tertiary alicyclic amines) is 1. The van der Waals surface area contributed by atoms with E-state index in [2.05, 4.69) is 10.1 Å². The van der Waals surface area contributed by atoms with Gasteiger partial charge in [-0.1, -0.05) is 23.4 Å². The van der Waals surface area contributed by atoms with Gasteiger partial charge in [0.2, 0.25) is 0 Å². The first-order chi connectivity index (χ1) is 12.6. The Bertz CT molecular complexity index is 968. The van der Waals surface area contributed by atoms with Gasteiger partial charge in [-0.05, 0) is 45.4 Å². The molecule has 4 rings (SSSR count). The van der Waals surface area contributed by atoms with Crippen molar-refractivity contribution < 1.29 is 4.52 Å². The lowest BCUT2D eigenvalue weighted by molar-refractivity contribution is 0.235. The van der Waals surface area contributed by atoms with Crippen LogP contribution in [-0.2, 0) is 13.6 Å². The van der Waals surface area contributed by atoms with Crippen LogP contribution < -0.4 is 5.56 Å². The summed E-state index contributed by atoms with van der Waals surface area (Å²) in [5, 5.41) is 4.20. The molecule has 0 spiro atoms. The van der Waals surface area contributed by atoms with Gasteiger partial charge in [0, 0.05) is 25.4 Å². The summed E-state index contributed by atoms with van der Waals surface area (Å²) >= 11 is 0. The SMILES string of the molecule is Cc1cc(C2CCCN2Cc2c(C)n(C)n(-c3ccccc3)c2=O)no1. The predicted molar refractivity (Wildman–Crippen MR) is 99.4 cm³/mol. The Balaban J connectivity index is 1.68. The van der Waals surface area contributed by atoms with Gasteiger partial charge in [0.1, 0.15) is 11.5 Å². The van der Waals surface area contributed by atoms with E-state index in [0.717, 1.165) is 47.8 Å². The molecule has 6 nitrogen and oxygen atoms in total. The van der Waals surface area contributed by atoms with Gasteiger partial charge in [-0.25, -0.2) is 4.68 Å². The van der Waals surface area contributed by atoms with Crippen LogP contribution in [0.1, 0.15) is 41.6 Å². The van der Waals surface area contributed by atoms with Crippen LogP contribution in [-0.4, -0.2) is 26.0 Å². The van der Waals surface area contributed by atoms with Gasteiger partial charge in [-0.2, -0.15) is 0 Å². The van der Waals surface area contributed by atoms with Crippen molar-refractivity contribution in [3.8, 4) is 5.69 Å². The molecular formula is C20H24N4O2. The molecule has 1 fully saturated rings. The molecule has 0 aliphatic carbocycles. The first-order valence-corrected chi connectivity index (χ1v) is 9.06. The van der Waals surface area contributed by atoms with Gasteiger partial charge in [-0.3, -0.25) is 14.4 Å². The van der Waals surface area contributed by atoms with Crippen LogP contribution >= 0.6 is 0 Å². The Morgan fingerprint density at radius 2 is 2.00 bits per heavy atom. The van der Waals surface area contributed by atoms with Crippen molar-refractivity contribution in [2.45, 2.75) is 39.3 Å². The largest absolute Gasteiger partial charge is 0.361 e. The van der Waals surface area contributed by atoms with E-state index < -0.39 is 0 Å². The van der Waals surface area contributed by atoms with Crippen molar-refractivity contribution in [3.05, 3.63) is 69.5 Å². The average Bonchev–Trinajstić information content (AvgIpc) is 3.32. The molecule has 0 amide bonds. The first-order valence-electron chi connectivity index (χ1n) is 9.06. The van der Waals surface area contributed by atoms with Crippen molar-refractivity contribution in [3.63, 3.8) is 0 Å². The molecule has 2 aromatic heterocycles. The topological polar surface area (TPSA) is 56.2 Å². The molecule has 0 radical (unpaired) electrons. The number of aryl methyl sites for hydroxylation is 1. The summed E-state index contributed by atoms with van der Waals surface area (Å²) in [6, 6.07) is 12.0. The smallest absolute Gasteiger partial charge is 0.276 e. The lowest BCUT2D eigenvalue weighted by Gasteiger charge is -2.22. The van der Waals surface area contributed by atoms with E-state index in [4.69, 9.17) is 4.52 Å². The van der Waals surface area contributed by atoms with E-state index in [0.29, 0.717) is 6.54 Å². The van der Waals surface area contributed by atoms with Crippen LogP contribution in [0.5, 0.6) is 0 Å². The number of rotatable bonds is 4. The highest BCUT2D eigenvalue weighted by molar-refractivity contribution is 5.33. The summed E-state index contributed by atoms with van der Waals surface area (Å²) in [6.07, 6.45) is 2.15. The minimum absolute atomic E-state index is 0.0539. The minimum atomic E-state index is 0.0539. The highest BCUT2D eigenvalue weighted by Gasteiger charge is 2.30. The Kier molecular flexibility index (Phi) is 4.28. The number of benzene rings is 1. The van der Waals surface area contributed by atoms with Crippen molar-refractivity contribution >= 4 is 0 Å². The van der Waals surface area contributed by atoms with Gasteiger partial charge in [0.15, 0.2) is 0 Å². The van der Waals surface area contributed by atoms with E-state index >= 15 is 0 Å². The molecule has 0 saturated carbocycles. The van der Waals surface area contributed by atoms with Gasteiger partial charge >= 0.3 is 0 Å². The molecule has 0 bridgehead atoms. The molecule has 1 unspecified atom stereocenters. The molecule has 1 aliphatic heterocycles. The molecule has 1 atom stereocenters. The Morgan fingerprint density at radius 1 is 1.23 bits per heavy atom. The number of hydrogen-bond donors (Lipinski definition) is 0. The second-order valence-electron chi connectivity index (χ2n) is 7.03. The molecule has 3 aromatic rings. The molecule has 1 aromatic carbocycles. The monoisotopic (exact) mass is 352 g/mol. The fraction of sp³-hybridized carbons (Fsp3) is 0.400. The molecule has 3 heterocycles. The molecular weight excluding hydrogens is 328 g/mol. The fourth-order valence-corrected chi connectivity index (χ4v) is 3.90. The van der Waals surface area contributed by atoms with Crippen LogP contribution in [0.2, 0.25) is 0 Å².